The first-order chi connectivity index (χ1) is 26.4. The van der Waals surface area contributed by atoms with Crippen molar-refractivity contribution in [3.63, 3.8) is 0 Å². The van der Waals surface area contributed by atoms with Crippen molar-refractivity contribution >= 4 is 35.6 Å². The second-order valence-corrected chi connectivity index (χ2v) is 20.4. The molecule has 8 rings (SSSR count). The molecule has 3 heterocycles. The minimum absolute atomic E-state index is 0.0414. The van der Waals surface area contributed by atoms with E-state index in [9.17, 15) is 29.1 Å². The van der Waals surface area contributed by atoms with Crippen LogP contribution in [0.2, 0.25) is 0 Å². The summed E-state index contributed by atoms with van der Waals surface area (Å²) in [6, 6.07) is 0. The molecule has 1 spiro atoms. The maximum atomic E-state index is 15.3. The Morgan fingerprint density at radius 1 is 0.789 bits per heavy atom. The number of aliphatic hydroxyl groups is 1. The van der Waals surface area contributed by atoms with Crippen LogP contribution in [-0.4, -0.2) is 94.9 Å². The average Bonchev–Trinajstić information content (AvgIpc) is 3.99. The lowest BCUT2D eigenvalue weighted by Crippen LogP contribution is -2.72. The first kappa shape index (κ1) is 40.7. The highest BCUT2D eigenvalue weighted by Crippen LogP contribution is 2.81. The molecule has 0 radical (unpaired) electrons. The number of Topliss-reactive ketones (excluding diaryl/α,β-unsaturated/α-hetero) is 1. The topological polar surface area (TPSA) is 194 Å². The summed E-state index contributed by atoms with van der Waals surface area (Å²) in [6.45, 7) is 21.3. The molecule has 14 nitrogen and oxygen atoms in total. The summed E-state index contributed by atoms with van der Waals surface area (Å²) in [7, 11) is 0. The number of ketones is 1. The summed E-state index contributed by atoms with van der Waals surface area (Å²) in [5, 5.41) is 13.4. The Kier molecular flexibility index (Phi) is 9.07. The standard InChI is InChI=1S/C43H60O14/c1-16(2)13-24(46)54-34-26-27(39(9)22(31(34)48)15-23-33(53-23)37(39)52-21(8)45)18(5)35(51-20(7)44)40(10)28-19(6)36-43(56-36)41(11,30(28)32(49)29(26)40)42(12,38(50)57-43)55-25(47)14-17(3)4/h16-19,22-23,26-30,32-37,49H,13-15H2,1-12H3/t18-,19-,22+,23-,26+,27-,28-,29+,30-,32+,33-,34+,35-,36+,37-,39-,40+,41-,42+,43-/m0/s1. The highest BCUT2D eigenvalue weighted by atomic mass is 16.8. The highest BCUT2D eigenvalue weighted by molar-refractivity contribution is 5.91. The second-order valence-electron chi connectivity index (χ2n) is 20.4. The van der Waals surface area contributed by atoms with Gasteiger partial charge in [-0.15, -0.1) is 0 Å². The quantitative estimate of drug-likeness (QED) is 0.211. The number of aliphatic hydroxyl groups excluding tert-OH is 1. The average molecular weight is 801 g/mol. The van der Waals surface area contributed by atoms with Crippen LogP contribution < -0.4 is 0 Å². The van der Waals surface area contributed by atoms with Gasteiger partial charge in [-0.1, -0.05) is 55.4 Å². The van der Waals surface area contributed by atoms with E-state index in [2.05, 4.69) is 0 Å². The first-order valence-electron chi connectivity index (χ1n) is 21.0. The number of ether oxygens (including phenoxy) is 7. The molecule has 5 saturated carbocycles. The normalized spacial score (nSPS) is 52.2. The van der Waals surface area contributed by atoms with Crippen LogP contribution in [0.15, 0.2) is 0 Å². The molecule has 3 aliphatic heterocycles. The smallest absolute Gasteiger partial charge is 0.353 e. The maximum absolute atomic E-state index is 15.3. The summed E-state index contributed by atoms with van der Waals surface area (Å²) in [6.07, 6.45) is -5.36. The molecule has 316 valence electrons. The van der Waals surface area contributed by atoms with E-state index in [4.69, 9.17) is 33.2 Å². The number of hydrogen-bond acceptors (Lipinski definition) is 14. The fraction of sp³-hybridized carbons (Fsp3) is 0.860. The van der Waals surface area contributed by atoms with E-state index in [1.54, 1.807) is 6.92 Å². The molecule has 20 atom stereocenters. The summed E-state index contributed by atoms with van der Waals surface area (Å²) in [5.74, 6) is -10.4. The zero-order chi connectivity index (χ0) is 41.9. The molecule has 3 saturated heterocycles. The summed E-state index contributed by atoms with van der Waals surface area (Å²) in [5.41, 5.74) is -5.57. The van der Waals surface area contributed by atoms with Gasteiger partial charge in [0.25, 0.3) is 5.79 Å². The number of esters is 5. The van der Waals surface area contributed by atoms with Crippen molar-refractivity contribution in [2.75, 3.05) is 0 Å². The van der Waals surface area contributed by atoms with Crippen LogP contribution in [0.1, 0.15) is 102 Å². The fourth-order valence-corrected chi connectivity index (χ4v) is 14.5. The summed E-state index contributed by atoms with van der Waals surface area (Å²) in [4.78, 5) is 82.8. The number of epoxide rings is 2. The van der Waals surface area contributed by atoms with Crippen LogP contribution in [0.25, 0.3) is 0 Å². The van der Waals surface area contributed by atoms with Gasteiger partial charge in [-0.05, 0) is 55.8 Å². The van der Waals surface area contributed by atoms with E-state index in [0.717, 1.165) is 0 Å². The lowest BCUT2D eigenvalue weighted by molar-refractivity contribution is -0.255. The Hall–Kier alpha value is -3.10. The van der Waals surface area contributed by atoms with E-state index < -0.39 is 136 Å². The first-order valence-corrected chi connectivity index (χ1v) is 21.0. The fourth-order valence-electron chi connectivity index (χ4n) is 14.5. The van der Waals surface area contributed by atoms with Crippen molar-refractivity contribution in [1.29, 1.82) is 0 Å². The molecule has 8 fully saturated rings. The third kappa shape index (κ3) is 5.10. The molecular formula is C43H60O14. The molecular weight excluding hydrogens is 740 g/mol. The van der Waals surface area contributed by atoms with Gasteiger partial charge in [-0.25, -0.2) is 4.79 Å². The van der Waals surface area contributed by atoms with Crippen LogP contribution in [0.4, 0.5) is 0 Å². The molecule has 8 aliphatic rings. The van der Waals surface area contributed by atoms with Crippen LogP contribution >= 0.6 is 0 Å². The van der Waals surface area contributed by atoms with Gasteiger partial charge in [0, 0.05) is 61.2 Å². The number of carbonyl (C=O) groups is 6. The molecule has 0 unspecified atom stereocenters. The number of fused-ring (bicyclic) bond motifs is 9. The van der Waals surface area contributed by atoms with Crippen LogP contribution in [-0.2, 0) is 61.9 Å². The van der Waals surface area contributed by atoms with Crippen molar-refractivity contribution in [3.05, 3.63) is 0 Å². The van der Waals surface area contributed by atoms with E-state index in [0.29, 0.717) is 6.42 Å². The summed E-state index contributed by atoms with van der Waals surface area (Å²) >= 11 is 0. The van der Waals surface area contributed by atoms with Crippen molar-refractivity contribution in [3.8, 4) is 0 Å². The van der Waals surface area contributed by atoms with Gasteiger partial charge in [-0.2, -0.15) is 0 Å². The van der Waals surface area contributed by atoms with Gasteiger partial charge in [0.05, 0.1) is 17.6 Å². The van der Waals surface area contributed by atoms with Crippen molar-refractivity contribution in [2.24, 2.45) is 75.4 Å². The van der Waals surface area contributed by atoms with Crippen LogP contribution in [0.3, 0.4) is 0 Å². The number of hydrogen-bond donors (Lipinski definition) is 1. The Balaban J connectivity index is 1.34. The Bertz CT molecular complexity index is 1790. The second kappa shape index (κ2) is 12.7. The highest BCUT2D eigenvalue weighted by Gasteiger charge is 2.94. The predicted molar refractivity (Wildman–Crippen MR) is 196 cm³/mol. The van der Waals surface area contributed by atoms with Gasteiger partial charge in [0.1, 0.15) is 24.4 Å². The third-order valence-corrected chi connectivity index (χ3v) is 16.5. The van der Waals surface area contributed by atoms with Gasteiger partial charge in [-0.3, -0.25) is 24.0 Å². The lowest BCUT2D eigenvalue weighted by Gasteiger charge is -2.66. The van der Waals surface area contributed by atoms with Gasteiger partial charge in [0.15, 0.2) is 11.9 Å². The van der Waals surface area contributed by atoms with Crippen LogP contribution in [0, 0.1) is 75.4 Å². The minimum Gasteiger partial charge on any atom is -0.462 e. The Morgan fingerprint density at radius 3 is 1.98 bits per heavy atom. The largest absolute Gasteiger partial charge is 0.462 e. The molecule has 57 heavy (non-hydrogen) atoms. The Morgan fingerprint density at radius 2 is 1.39 bits per heavy atom. The summed E-state index contributed by atoms with van der Waals surface area (Å²) < 4.78 is 43.8. The minimum atomic E-state index is -1.89. The van der Waals surface area contributed by atoms with E-state index in [1.807, 2.05) is 55.4 Å². The Labute approximate surface area is 334 Å². The molecule has 0 amide bonds. The van der Waals surface area contributed by atoms with Gasteiger partial charge in [0.2, 0.25) is 5.60 Å². The van der Waals surface area contributed by atoms with Crippen molar-refractivity contribution in [1.82, 2.24) is 0 Å². The SMILES string of the molecule is CC(=O)O[C@H]1[C@@H](C)[C@H]2[C@H]([C@@H]3[C@@H](O)[C@@H]4[C@H]([C@H](C)[C@H]5O[C@]56OC(=O)[C@@](C)(OC(=O)CC(C)C)[C@]46C)[C@]31C)[C@@H](OC(=O)CC(C)C)C(=O)[C@H]1C[C@@H]3O[C@@H]3[C@H](OC(C)=O)[C@]21C. The molecule has 14 heteroatoms. The molecule has 0 aromatic rings. The zero-order valence-corrected chi connectivity index (χ0v) is 35.2. The molecule has 0 aromatic carbocycles. The lowest BCUT2D eigenvalue weighted by atomic mass is 9.39. The third-order valence-electron chi connectivity index (χ3n) is 16.5. The maximum Gasteiger partial charge on any atom is 0.353 e. The predicted octanol–water partition coefficient (Wildman–Crippen LogP) is 3.95. The molecule has 0 bridgehead atoms. The molecule has 0 aromatic heterocycles. The van der Waals surface area contributed by atoms with Crippen LogP contribution in [0.5, 0.6) is 0 Å². The van der Waals surface area contributed by atoms with Crippen molar-refractivity contribution < 1.29 is 67.0 Å². The van der Waals surface area contributed by atoms with Gasteiger partial charge >= 0.3 is 29.8 Å². The molecule has 5 aliphatic carbocycles. The van der Waals surface area contributed by atoms with E-state index in [-0.39, 0.29) is 42.5 Å². The van der Waals surface area contributed by atoms with Gasteiger partial charge < -0.3 is 38.3 Å². The molecule has 1 N–H and O–H groups in total. The van der Waals surface area contributed by atoms with E-state index >= 15 is 4.79 Å². The monoisotopic (exact) mass is 800 g/mol. The van der Waals surface area contributed by atoms with Crippen molar-refractivity contribution in [2.45, 2.75) is 156 Å². The number of carbonyl (C=O) groups excluding carboxylic acids is 6. The number of rotatable bonds is 8. The zero-order valence-electron chi connectivity index (χ0n) is 35.2. The van der Waals surface area contributed by atoms with E-state index in [1.165, 1.54) is 20.8 Å².